The van der Waals surface area contributed by atoms with Gasteiger partial charge in [0.25, 0.3) is 17.4 Å². The average molecular weight is 579 g/mol. The summed E-state index contributed by atoms with van der Waals surface area (Å²) < 4.78 is 30.5. The third-order valence-electron chi connectivity index (χ3n) is 8.31. The van der Waals surface area contributed by atoms with Crippen LogP contribution in [-0.2, 0) is 28.7 Å². The SMILES string of the molecule is CC(=O)Cn1c(=O)c2c(ncn2C2(C(=O)Nc3cncc(-c4cnc(N5CC6C(C5)C6(F)F)nc4)n3)CC2)n(C)c1=O. The maximum Gasteiger partial charge on any atom is 0.332 e. The summed E-state index contributed by atoms with van der Waals surface area (Å²) in [6.07, 6.45) is 8.07. The predicted octanol–water partition coefficient (Wildman–Crippen LogP) is 0.562. The molecule has 2 saturated carbocycles. The smallest absolute Gasteiger partial charge is 0.332 e. The third kappa shape index (κ3) is 3.84. The highest BCUT2D eigenvalue weighted by atomic mass is 19.3. The molecule has 0 spiro atoms. The Morgan fingerprint density at radius 1 is 1.05 bits per heavy atom. The summed E-state index contributed by atoms with van der Waals surface area (Å²) in [5, 5.41) is 2.76. The van der Waals surface area contributed by atoms with Gasteiger partial charge in [0, 0.05) is 38.1 Å². The van der Waals surface area contributed by atoms with E-state index in [1.54, 1.807) is 4.90 Å². The highest BCUT2D eigenvalue weighted by molar-refractivity contribution is 5.99. The summed E-state index contributed by atoms with van der Waals surface area (Å²) in [5.41, 5.74) is -1.47. The van der Waals surface area contributed by atoms with Crippen LogP contribution in [-0.4, -0.2) is 69.3 Å². The molecule has 1 N–H and O–H groups in total. The van der Waals surface area contributed by atoms with Crippen molar-refractivity contribution in [1.82, 2.24) is 38.6 Å². The highest BCUT2D eigenvalue weighted by Crippen LogP contribution is 2.59. The fraction of sp³-hybridized carbons (Fsp3) is 0.423. The molecule has 2 unspecified atom stereocenters. The second-order valence-corrected chi connectivity index (χ2v) is 11.1. The molecule has 0 bridgehead atoms. The van der Waals surface area contributed by atoms with Gasteiger partial charge in [0.1, 0.15) is 11.3 Å². The van der Waals surface area contributed by atoms with Gasteiger partial charge in [0.2, 0.25) is 5.95 Å². The molecule has 5 heterocycles. The number of aromatic nitrogens is 8. The largest absolute Gasteiger partial charge is 0.340 e. The molecular weight excluding hydrogens is 554 g/mol. The average Bonchev–Trinajstić information content (AvgIpc) is 3.66. The minimum absolute atomic E-state index is 0.0436. The number of nitrogens with one attached hydrogen (secondary N) is 1. The molecule has 1 amide bonds. The van der Waals surface area contributed by atoms with Crippen LogP contribution in [0.15, 0.2) is 40.7 Å². The van der Waals surface area contributed by atoms with E-state index in [2.05, 4.69) is 30.2 Å². The van der Waals surface area contributed by atoms with Gasteiger partial charge >= 0.3 is 5.69 Å². The number of anilines is 2. The van der Waals surface area contributed by atoms with Crippen LogP contribution in [0.5, 0.6) is 0 Å². The van der Waals surface area contributed by atoms with Gasteiger partial charge in [-0.15, -0.1) is 0 Å². The van der Waals surface area contributed by atoms with E-state index in [4.69, 9.17) is 0 Å². The molecule has 0 radical (unpaired) electrons. The summed E-state index contributed by atoms with van der Waals surface area (Å²) in [6, 6.07) is 0. The lowest BCUT2D eigenvalue weighted by atomic mass is 10.2. The van der Waals surface area contributed by atoms with E-state index < -0.39 is 47.0 Å². The van der Waals surface area contributed by atoms with Crippen molar-refractivity contribution in [2.24, 2.45) is 18.9 Å². The van der Waals surface area contributed by atoms with E-state index in [-0.39, 0.29) is 35.9 Å². The Morgan fingerprint density at radius 2 is 1.74 bits per heavy atom. The number of amides is 1. The molecule has 1 aliphatic heterocycles. The summed E-state index contributed by atoms with van der Waals surface area (Å²) in [6.45, 7) is 1.31. The predicted molar refractivity (Wildman–Crippen MR) is 143 cm³/mol. The lowest BCUT2D eigenvalue weighted by Gasteiger charge is -2.19. The topological polar surface area (TPSA) is 163 Å². The van der Waals surface area contributed by atoms with Crippen molar-refractivity contribution in [2.45, 2.75) is 37.8 Å². The molecule has 3 aliphatic rings. The molecule has 42 heavy (non-hydrogen) atoms. The van der Waals surface area contributed by atoms with Gasteiger partial charge in [-0.3, -0.25) is 28.5 Å². The first-order valence-electron chi connectivity index (χ1n) is 13.3. The van der Waals surface area contributed by atoms with Crippen molar-refractivity contribution in [2.75, 3.05) is 23.3 Å². The number of fused-ring (bicyclic) bond motifs is 2. The van der Waals surface area contributed by atoms with E-state index >= 15 is 0 Å². The summed E-state index contributed by atoms with van der Waals surface area (Å²) in [7, 11) is 1.45. The number of rotatable bonds is 7. The fourth-order valence-electron chi connectivity index (χ4n) is 5.74. The Morgan fingerprint density at radius 3 is 2.38 bits per heavy atom. The number of aryl methyl sites for hydroxylation is 1. The third-order valence-corrected chi connectivity index (χ3v) is 8.31. The standard InChI is InChI=1S/C26H24F2N10O4/c1-13(39)9-37-21(40)19-20(35(2)24(37)42)32-12-38(19)25(3-4-25)22(41)34-18-8-29-7-17(33-18)14-5-30-23(31-6-14)36-10-15-16(11-36)26(15,27)28/h5-8,12,15-16H,3-4,9-11H2,1-2H3,(H,33,34,41). The van der Waals surface area contributed by atoms with Gasteiger partial charge < -0.3 is 14.8 Å². The van der Waals surface area contributed by atoms with Crippen LogP contribution in [0.4, 0.5) is 20.5 Å². The number of Topliss-reactive ketones (excluding diaryl/α,β-unsaturated/α-hetero) is 1. The first-order valence-corrected chi connectivity index (χ1v) is 13.3. The van der Waals surface area contributed by atoms with Gasteiger partial charge in [-0.25, -0.2) is 33.5 Å². The van der Waals surface area contributed by atoms with E-state index in [9.17, 15) is 28.0 Å². The van der Waals surface area contributed by atoms with Crippen LogP contribution in [0.2, 0.25) is 0 Å². The van der Waals surface area contributed by atoms with Crippen LogP contribution >= 0.6 is 0 Å². The molecule has 7 rings (SSSR count). The molecule has 216 valence electrons. The van der Waals surface area contributed by atoms with Crippen molar-refractivity contribution in [3.63, 3.8) is 0 Å². The van der Waals surface area contributed by atoms with Crippen molar-refractivity contribution < 1.29 is 18.4 Å². The minimum atomic E-state index is -2.59. The molecule has 2 aliphatic carbocycles. The molecule has 14 nitrogen and oxygen atoms in total. The monoisotopic (exact) mass is 578 g/mol. The number of hydrogen-bond donors (Lipinski definition) is 1. The molecule has 3 fully saturated rings. The second-order valence-electron chi connectivity index (χ2n) is 11.1. The Hall–Kier alpha value is -4.89. The molecular formula is C26H24F2N10O4. The van der Waals surface area contributed by atoms with Crippen molar-refractivity contribution >= 4 is 34.6 Å². The quantitative estimate of drug-likeness (QED) is 0.328. The van der Waals surface area contributed by atoms with Crippen LogP contribution in [0.3, 0.4) is 0 Å². The molecule has 4 aromatic heterocycles. The number of hydrogen-bond acceptors (Lipinski definition) is 10. The Labute approximate surface area is 235 Å². The second kappa shape index (κ2) is 8.80. The van der Waals surface area contributed by atoms with Gasteiger partial charge in [-0.05, 0) is 19.8 Å². The van der Waals surface area contributed by atoms with Crippen molar-refractivity contribution in [1.29, 1.82) is 0 Å². The number of carbonyl (C=O) groups excluding carboxylic acids is 2. The molecule has 16 heteroatoms. The Kier molecular flexibility index (Phi) is 5.46. The molecule has 0 aromatic carbocycles. The van der Waals surface area contributed by atoms with Crippen LogP contribution in [0.25, 0.3) is 22.4 Å². The number of alkyl halides is 2. The van der Waals surface area contributed by atoms with Gasteiger partial charge in [-0.1, -0.05) is 0 Å². The zero-order chi connectivity index (χ0) is 29.6. The Balaban J connectivity index is 1.13. The van der Waals surface area contributed by atoms with Crippen molar-refractivity contribution in [3.8, 4) is 11.3 Å². The first-order chi connectivity index (χ1) is 20.0. The van der Waals surface area contributed by atoms with E-state index in [0.29, 0.717) is 30.0 Å². The molecule has 1 saturated heterocycles. The summed E-state index contributed by atoms with van der Waals surface area (Å²) in [4.78, 5) is 74.4. The summed E-state index contributed by atoms with van der Waals surface area (Å²) in [5.74, 6) is -4.17. The number of halogens is 2. The normalized spacial score (nSPS) is 21.3. The Bertz CT molecular complexity index is 1900. The number of carbonyl (C=O) groups is 2. The molecule has 4 aromatic rings. The lowest BCUT2D eigenvalue weighted by molar-refractivity contribution is -0.120. The van der Waals surface area contributed by atoms with Gasteiger partial charge in [0.15, 0.2) is 17.0 Å². The summed E-state index contributed by atoms with van der Waals surface area (Å²) >= 11 is 0. The minimum Gasteiger partial charge on any atom is -0.340 e. The fourth-order valence-corrected chi connectivity index (χ4v) is 5.74. The molecule has 2 atom stereocenters. The highest BCUT2D eigenvalue weighted by Gasteiger charge is 2.72. The van der Waals surface area contributed by atoms with E-state index in [0.717, 1.165) is 4.57 Å². The number of nitrogens with zero attached hydrogens (tertiary/aromatic N) is 9. The first kappa shape index (κ1) is 26.0. The number of piperidine rings is 1. The van der Waals surface area contributed by atoms with Gasteiger partial charge in [0.05, 0.1) is 42.8 Å². The van der Waals surface area contributed by atoms with E-state index in [1.165, 1.54) is 54.2 Å². The van der Waals surface area contributed by atoms with Gasteiger partial charge in [-0.2, -0.15) is 0 Å². The van der Waals surface area contributed by atoms with Crippen LogP contribution in [0, 0.1) is 11.8 Å². The maximum absolute atomic E-state index is 13.5. The zero-order valence-corrected chi connectivity index (χ0v) is 22.5. The lowest BCUT2D eigenvalue weighted by Crippen LogP contribution is -2.42. The zero-order valence-electron chi connectivity index (χ0n) is 22.5. The van der Waals surface area contributed by atoms with Crippen LogP contribution in [0.1, 0.15) is 19.8 Å². The van der Waals surface area contributed by atoms with Crippen molar-refractivity contribution in [3.05, 3.63) is 52.0 Å². The maximum atomic E-state index is 13.5. The number of imidazole rings is 1. The van der Waals surface area contributed by atoms with Crippen LogP contribution < -0.4 is 21.5 Å². The number of ketones is 1. The van der Waals surface area contributed by atoms with E-state index in [1.807, 2.05) is 0 Å².